The topological polar surface area (TPSA) is 109 Å². The van der Waals surface area contributed by atoms with Crippen molar-refractivity contribution in [1.82, 2.24) is 20.1 Å². The van der Waals surface area contributed by atoms with Gasteiger partial charge in [0.25, 0.3) is 0 Å². The lowest BCUT2D eigenvalue weighted by molar-refractivity contribution is -0.139. The number of carboxylic acids is 1. The molecule has 0 spiro atoms. The number of rotatable bonds is 11. The molecule has 0 unspecified atom stereocenters. The maximum Gasteiger partial charge on any atom is 0.303 e. The number of methoxy groups -OCH3 is 1. The molecule has 8 nitrogen and oxygen atoms in total. The van der Waals surface area contributed by atoms with E-state index in [4.69, 9.17) is 4.74 Å². The number of thioether (sulfide) groups is 1. The third kappa shape index (κ3) is 6.90. The van der Waals surface area contributed by atoms with Crippen molar-refractivity contribution in [3.8, 4) is 5.75 Å². The first kappa shape index (κ1) is 25.3. The van der Waals surface area contributed by atoms with Crippen molar-refractivity contribution < 1.29 is 19.7 Å². The van der Waals surface area contributed by atoms with E-state index in [2.05, 4.69) is 20.1 Å². The van der Waals surface area contributed by atoms with Gasteiger partial charge in [-0.3, -0.25) is 9.78 Å². The number of aliphatic hydroxyl groups excluding tert-OH is 1. The number of piperidine rings is 1. The number of hydrogen-bond donors (Lipinski definition) is 2. The highest BCUT2D eigenvalue weighted by atomic mass is 32.2. The molecule has 35 heavy (non-hydrogen) atoms. The van der Waals surface area contributed by atoms with Gasteiger partial charge in [-0.2, -0.15) is 5.10 Å². The van der Waals surface area contributed by atoms with E-state index in [0.29, 0.717) is 6.42 Å². The van der Waals surface area contributed by atoms with Gasteiger partial charge in [0.2, 0.25) is 0 Å². The first-order chi connectivity index (χ1) is 17.0. The van der Waals surface area contributed by atoms with Crippen molar-refractivity contribution in [2.45, 2.75) is 36.8 Å². The molecule has 4 rings (SSSR count). The van der Waals surface area contributed by atoms with E-state index in [1.54, 1.807) is 31.3 Å². The van der Waals surface area contributed by atoms with Gasteiger partial charge in [0.15, 0.2) is 0 Å². The summed E-state index contributed by atoms with van der Waals surface area (Å²) in [6.07, 6.45) is 5.21. The molecule has 3 heterocycles. The number of aliphatic carboxylic acids is 1. The zero-order valence-electron chi connectivity index (χ0n) is 19.9. The summed E-state index contributed by atoms with van der Waals surface area (Å²) in [5.74, 6) is 1.20. The number of aromatic nitrogens is 3. The molecule has 9 heteroatoms. The minimum Gasteiger partial charge on any atom is -0.497 e. The van der Waals surface area contributed by atoms with Gasteiger partial charge in [-0.05, 0) is 79.6 Å². The molecule has 1 saturated heterocycles. The molecule has 0 saturated carbocycles. The Morgan fingerprint density at radius 3 is 2.91 bits per heavy atom. The van der Waals surface area contributed by atoms with Gasteiger partial charge < -0.3 is 19.8 Å². The zero-order valence-corrected chi connectivity index (χ0v) is 20.7. The van der Waals surface area contributed by atoms with Crippen molar-refractivity contribution in [3.05, 3.63) is 54.4 Å². The number of nitrogens with zero attached hydrogens (tertiary/aromatic N) is 4. The molecule has 2 aromatic heterocycles. The van der Waals surface area contributed by atoms with Crippen molar-refractivity contribution >= 4 is 28.6 Å². The van der Waals surface area contributed by atoms with Gasteiger partial charge >= 0.3 is 5.97 Å². The average molecular weight is 497 g/mol. The summed E-state index contributed by atoms with van der Waals surface area (Å²) in [5.41, 5.74) is 1.65. The number of pyridine rings is 1. The number of ether oxygens (including phenoxy) is 1. The molecule has 0 aliphatic carbocycles. The van der Waals surface area contributed by atoms with Crippen LogP contribution in [0.2, 0.25) is 0 Å². The van der Waals surface area contributed by atoms with E-state index in [0.717, 1.165) is 65.5 Å². The highest BCUT2D eigenvalue weighted by Crippen LogP contribution is 2.35. The van der Waals surface area contributed by atoms with Crippen LogP contribution in [0, 0.1) is 11.8 Å². The summed E-state index contributed by atoms with van der Waals surface area (Å²) < 4.78 is 5.35. The summed E-state index contributed by atoms with van der Waals surface area (Å²) in [6, 6.07) is 11.4. The molecular formula is C26H32N4O4S. The predicted octanol–water partition coefficient (Wildman–Crippen LogP) is 4.05. The Balaban J connectivity index is 1.35. The van der Waals surface area contributed by atoms with E-state index >= 15 is 0 Å². The largest absolute Gasteiger partial charge is 0.497 e. The molecule has 1 aliphatic rings. The number of aliphatic hydroxyl groups is 1. The molecule has 0 amide bonds. The van der Waals surface area contributed by atoms with E-state index in [9.17, 15) is 15.0 Å². The maximum atomic E-state index is 11.6. The van der Waals surface area contributed by atoms with E-state index in [1.807, 2.05) is 36.4 Å². The zero-order chi connectivity index (χ0) is 24.6. The Kier molecular flexibility index (Phi) is 8.90. The lowest BCUT2D eigenvalue weighted by Gasteiger charge is -2.38. The van der Waals surface area contributed by atoms with Crippen LogP contribution in [0.15, 0.2) is 53.8 Å². The van der Waals surface area contributed by atoms with E-state index in [-0.39, 0.29) is 18.3 Å². The molecule has 0 bridgehead atoms. The lowest BCUT2D eigenvalue weighted by atomic mass is 9.79. The maximum absolute atomic E-state index is 11.6. The predicted molar refractivity (Wildman–Crippen MR) is 136 cm³/mol. The highest BCUT2D eigenvalue weighted by molar-refractivity contribution is 7.99. The van der Waals surface area contributed by atoms with Crippen LogP contribution in [0.25, 0.3) is 10.9 Å². The van der Waals surface area contributed by atoms with Crippen LogP contribution < -0.4 is 4.74 Å². The quantitative estimate of drug-likeness (QED) is 0.380. The van der Waals surface area contributed by atoms with Gasteiger partial charge in [0.05, 0.1) is 18.7 Å². The fourth-order valence-electron chi connectivity index (χ4n) is 4.93. The number of carboxylic acid groups (broad SMARTS) is 1. The SMILES string of the molecule is COc1ccc2nccc([C@@H](O)CC[C@@H]3CCN(CCSc4cccnn4)C[C@@H]3CC(=O)O)c2c1. The fourth-order valence-corrected chi connectivity index (χ4v) is 5.77. The van der Waals surface area contributed by atoms with Crippen LogP contribution in [0.5, 0.6) is 5.75 Å². The monoisotopic (exact) mass is 496 g/mol. The van der Waals surface area contributed by atoms with Crippen LogP contribution in [-0.4, -0.2) is 68.8 Å². The molecule has 2 N–H and O–H groups in total. The lowest BCUT2D eigenvalue weighted by Crippen LogP contribution is -2.42. The number of fused-ring (bicyclic) bond motifs is 1. The Labute approximate surface area is 209 Å². The van der Waals surface area contributed by atoms with Gasteiger partial charge in [-0.25, -0.2) is 0 Å². The standard InChI is InChI=1S/C26H32N4O4S/c1-34-20-5-6-23-22(16-20)21(8-11-27-23)24(31)7-4-18-9-12-30(17-19(18)15-26(32)33)13-14-35-25-3-2-10-28-29-25/h2-3,5-6,8,10-11,16,18-19,24,31H,4,7,9,12-15,17H2,1H3,(H,32,33)/t18-,19+,24+/m1/s1. The highest BCUT2D eigenvalue weighted by Gasteiger charge is 2.31. The van der Waals surface area contributed by atoms with Crippen molar-refractivity contribution in [2.75, 3.05) is 32.5 Å². The second kappa shape index (κ2) is 12.3. The fraction of sp³-hybridized carbons (Fsp3) is 0.462. The minimum atomic E-state index is -0.761. The van der Waals surface area contributed by atoms with E-state index in [1.165, 1.54) is 0 Å². The summed E-state index contributed by atoms with van der Waals surface area (Å²) in [5, 5.41) is 30.4. The molecule has 3 atom stereocenters. The van der Waals surface area contributed by atoms with Crippen LogP contribution in [0.1, 0.15) is 37.4 Å². The molecule has 1 aromatic carbocycles. The van der Waals surface area contributed by atoms with Crippen LogP contribution in [-0.2, 0) is 4.79 Å². The molecule has 1 aliphatic heterocycles. The van der Waals surface area contributed by atoms with E-state index < -0.39 is 12.1 Å². The third-order valence-corrected chi connectivity index (χ3v) is 7.67. The molecule has 3 aromatic rings. The second-order valence-corrected chi connectivity index (χ2v) is 10.1. The summed E-state index contributed by atoms with van der Waals surface area (Å²) >= 11 is 1.67. The number of benzene rings is 1. The summed E-state index contributed by atoms with van der Waals surface area (Å²) in [6.45, 7) is 2.59. The van der Waals surface area contributed by atoms with Crippen LogP contribution >= 0.6 is 11.8 Å². The Morgan fingerprint density at radius 2 is 2.14 bits per heavy atom. The molecule has 186 valence electrons. The number of hydrogen-bond acceptors (Lipinski definition) is 8. The van der Waals surface area contributed by atoms with Crippen molar-refractivity contribution in [3.63, 3.8) is 0 Å². The Bertz CT molecular complexity index is 1120. The Morgan fingerprint density at radius 1 is 1.26 bits per heavy atom. The van der Waals surface area contributed by atoms with Gasteiger partial charge in [-0.15, -0.1) is 16.9 Å². The Hall–Kier alpha value is -2.75. The minimum absolute atomic E-state index is 0.0734. The number of carbonyl (C=O) groups is 1. The summed E-state index contributed by atoms with van der Waals surface area (Å²) in [4.78, 5) is 18.3. The van der Waals surface area contributed by atoms with Gasteiger partial charge in [0, 0.05) is 43.0 Å². The smallest absolute Gasteiger partial charge is 0.303 e. The van der Waals surface area contributed by atoms with Crippen LogP contribution in [0.4, 0.5) is 0 Å². The molecular weight excluding hydrogens is 464 g/mol. The summed E-state index contributed by atoms with van der Waals surface area (Å²) in [7, 11) is 1.62. The van der Waals surface area contributed by atoms with Gasteiger partial charge in [0.1, 0.15) is 10.8 Å². The van der Waals surface area contributed by atoms with Crippen molar-refractivity contribution in [1.29, 1.82) is 0 Å². The first-order valence-electron chi connectivity index (χ1n) is 12.0. The van der Waals surface area contributed by atoms with Crippen LogP contribution in [0.3, 0.4) is 0 Å². The second-order valence-electron chi connectivity index (χ2n) is 8.99. The average Bonchev–Trinajstić information content (AvgIpc) is 2.87. The number of likely N-dealkylation sites (tertiary alicyclic amines) is 1. The molecule has 0 radical (unpaired) electrons. The normalized spacial score (nSPS) is 19.5. The van der Waals surface area contributed by atoms with Gasteiger partial charge in [-0.1, -0.05) is 0 Å². The first-order valence-corrected chi connectivity index (χ1v) is 13.0. The third-order valence-electron chi connectivity index (χ3n) is 6.77. The molecule has 1 fully saturated rings. The van der Waals surface area contributed by atoms with Crippen molar-refractivity contribution in [2.24, 2.45) is 11.8 Å².